The van der Waals surface area contributed by atoms with Gasteiger partial charge in [0.05, 0.1) is 12.5 Å². The Morgan fingerprint density at radius 3 is 2.23 bits per heavy atom. The van der Waals surface area contributed by atoms with Gasteiger partial charge in [-0.15, -0.1) is 0 Å². The number of carboxylic acid groups (broad SMARTS) is 1. The highest BCUT2D eigenvalue weighted by atomic mass is 16.5. The average Bonchev–Trinajstić information content (AvgIpc) is 2.98. The minimum atomic E-state index is -1.16. The van der Waals surface area contributed by atoms with E-state index in [-0.39, 0.29) is 25.0 Å². The largest absolute Gasteiger partial charge is 0.480 e. The topological polar surface area (TPSA) is 114 Å². The summed E-state index contributed by atoms with van der Waals surface area (Å²) in [5, 5.41) is 14.8. The number of ether oxygens (including phenoxy) is 2. The van der Waals surface area contributed by atoms with E-state index >= 15 is 0 Å². The van der Waals surface area contributed by atoms with Crippen LogP contribution in [0.15, 0.2) is 48.5 Å². The number of methoxy groups -OCH3 is 1. The Morgan fingerprint density at radius 2 is 1.60 bits per heavy atom. The second-order valence-corrected chi connectivity index (χ2v) is 9.18. The summed E-state index contributed by atoms with van der Waals surface area (Å²) in [7, 11) is 1.38. The maximum atomic E-state index is 13.0. The van der Waals surface area contributed by atoms with E-state index in [4.69, 9.17) is 9.47 Å². The number of nitrogens with one attached hydrogen (secondary N) is 2. The predicted octanol–water partition coefficient (Wildman–Crippen LogP) is 3.69. The Bertz CT molecular complexity index is 1030. The van der Waals surface area contributed by atoms with Crippen molar-refractivity contribution in [2.75, 3.05) is 20.3 Å². The van der Waals surface area contributed by atoms with Crippen LogP contribution in [0.3, 0.4) is 0 Å². The van der Waals surface area contributed by atoms with Gasteiger partial charge in [0.15, 0.2) is 6.04 Å². The summed E-state index contributed by atoms with van der Waals surface area (Å²) < 4.78 is 10.6. The van der Waals surface area contributed by atoms with Gasteiger partial charge >= 0.3 is 12.1 Å². The van der Waals surface area contributed by atoms with Gasteiger partial charge in [-0.25, -0.2) is 9.59 Å². The summed E-state index contributed by atoms with van der Waals surface area (Å²) in [4.78, 5) is 37.2. The summed E-state index contributed by atoms with van der Waals surface area (Å²) in [5.74, 6) is -2.13. The lowest BCUT2D eigenvalue weighted by molar-refractivity contribution is -0.144. The molecule has 0 saturated heterocycles. The van der Waals surface area contributed by atoms with Crippen LogP contribution in [0.5, 0.6) is 0 Å². The Hall–Kier alpha value is -3.39. The van der Waals surface area contributed by atoms with Gasteiger partial charge in [0, 0.05) is 19.1 Å². The number of hydrogen-bond acceptors (Lipinski definition) is 5. The van der Waals surface area contributed by atoms with Crippen LogP contribution < -0.4 is 10.6 Å². The second kappa shape index (κ2) is 11.4. The van der Waals surface area contributed by atoms with Crippen molar-refractivity contribution in [1.82, 2.24) is 10.6 Å². The third kappa shape index (κ3) is 5.65. The van der Waals surface area contributed by atoms with Gasteiger partial charge in [-0.1, -0.05) is 67.8 Å². The zero-order valence-electron chi connectivity index (χ0n) is 19.9. The number of carboxylic acids is 1. The van der Waals surface area contributed by atoms with Crippen LogP contribution in [0, 0.1) is 5.92 Å². The highest BCUT2D eigenvalue weighted by Crippen LogP contribution is 2.44. The minimum absolute atomic E-state index is 0.0493. The standard InChI is InChI=1S/C27H32N2O6/c1-34-16-24(26(31)32)28-25(30)21-13-3-2-4-14-23(21)29-27(33)35-15-22-19-11-7-5-9-17(19)18-10-6-8-12-20(18)22/h5-12,21-24H,2-4,13-16H2,1H3,(H,28,30)(H,29,33)(H,31,32)/t21-,23+,24-/m0/s1. The summed E-state index contributed by atoms with van der Waals surface area (Å²) in [6.07, 6.45) is 3.29. The molecule has 186 valence electrons. The second-order valence-electron chi connectivity index (χ2n) is 9.18. The molecule has 1 fully saturated rings. The third-order valence-electron chi connectivity index (χ3n) is 6.95. The highest BCUT2D eigenvalue weighted by molar-refractivity contribution is 5.86. The van der Waals surface area contributed by atoms with Crippen LogP contribution in [0.4, 0.5) is 4.79 Å². The number of rotatable bonds is 8. The average molecular weight is 481 g/mol. The highest BCUT2D eigenvalue weighted by Gasteiger charge is 2.34. The van der Waals surface area contributed by atoms with E-state index in [2.05, 4.69) is 34.9 Å². The number of fused-ring (bicyclic) bond motifs is 3. The molecule has 0 spiro atoms. The van der Waals surface area contributed by atoms with Crippen LogP contribution in [-0.4, -0.2) is 55.5 Å². The smallest absolute Gasteiger partial charge is 0.407 e. The van der Waals surface area contributed by atoms with E-state index in [9.17, 15) is 19.5 Å². The Labute approximate surface area is 205 Å². The first-order chi connectivity index (χ1) is 17.0. The monoisotopic (exact) mass is 480 g/mol. The molecule has 1 saturated carbocycles. The van der Waals surface area contributed by atoms with Crippen molar-refractivity contribution in [3.63, 3.8) is 0 Å². The molecule has 2 aliphatic carbocycles. The molecular formula is C27H32N2O6. The van der Waals surface area contributed by atoms with Crippen molar-refractivity contribution in [2.24, 2.45) is 5.92 Å². The normalized spacial score (nSPS) is 20.1. The van der Waals surface area contributed by atoms with Gasteiger partial charge in [0.25, 0.3) is 0 Å². The van der Waals surface area contributed by atoms with Crippen molar-refractivity contribution in [2.45, 2.75) is 50.1 Å². The summed E-state index contributed by atoms with van der Waals surface area (Å²) >= 11 is 0. The molecule has 2 amide bonds. The molecule has 0 aromatic heterocycles. The fourth-order valence-corrected chi connectivity index (χ4v) is 5.21. The Kier molecular flexibility index (Phi) is 8.02. The van der Waals surface area contributed by atoms with Crippen molar-refractivity contribution >= 4 is 18.0 Å². The number of hydrogen-bond donors (Lipinski definition) is 3. The number of alkyl carbamates (subject to hydrolysis) is 1. The fourth-order valence-electron chi connectivity index (χ4n) is 5.21. The predicted molar refractivity (Wildman–Crippen MR) is 130 cm³/mol. The minimum Gasteiger partial charge on any atom is -0.480 e. The lowest BCUT2D eigenvalue weighted by atomic mass is 9.93. The van der Waals surface area contributed by atoms with Crippen LogP contribution in [0.1, 0.15) is 49.1 Å². The molecule has 0 unspecified atom stereocenters. The van der Waals surface area contributed by atoms with E-state index in [1.807, 2.05) is 24.3 Å². The van der Waals surface area contributed by atoms with Gasteiger partial charge in [-0.2, -0.15) is 0 Å². The van der Waals surface area contributed by atoms with Crippen LogP contribution in [-0.2, 0) is 19.1 Å². The lowest BCUT2D eigenvalue weighted by Gasteiger charge is -2.26. The number of benzene rings is 2. The summed E-state index contributed by atoms with van der Waals surface area (Å²) in [6, 6.07) is 14.7. The fraction of sp³-hybridized carbons (Fsp3) is 0.444. The molecule has 35 heavy (non-hydrogen) atoms. The zero-order valence-corrected chi connectivity index (χ0v) is 19.9. The van der Waals surface area contributed by atoms with Gasteiger partial charge in [-0.05, 0) is 35.1 Å². The molecule has 0 bridgehead atoms. The first kappa shape index (κ1) is 24.7. The molecule has 0 aliphatic heterocycles. The number of aliphatic carboxylic acids is 1. The van der Waals surface area contributed by atoms with E-state index in [1.165, 1.54) is 7.11 Å². The molecule has 0 radical (unpaired) electrons. The number of amides is 2. The molecule has 2 aromatic rings. The van der Waals surface area contributed by atoms with Gasteiger partial charge in [-0.3, -0.25) is 4.79 Å². The SMILES string of the molecule is COC[C@H](NC(=O)[C@H]1CCCCC[C@H]1NC(=O)OCC1c2ccccc2-c2ccccc21)C(=O)O. The van der Waals surface area contributed by atoms with E-state index in [0.717, 1.165) is 41.5 Å². The Balaban J connectivity index is 1.41. The molecule has 0 heterocycles. The molecular weight excluding hydrogens is 448 g/mol. The Morgan fingerprint density at radius 1 is 0.971 bits per heavy atom. The van der Waals surface area contributed by atoms with E-state index < -0.39 is 30.1 Å². The third-order valence-corrected chi connectivity index (χ3v) is 6.95. The molecule has 8 nitrogen and oxygen atoms in total. The molecule has 8 heteroatoms. The van der Waals surface area contributed by atoms with E-state index in [1.54, 1.807) is 0 Å². The molecule has 3 N–H and O–H groups in total. The first-order valence-corrected chi connectivity index (χ1v) is 12.1. The maximum Gasteiger partial charge on any atom is 0.407 e. The van der Waals surface area contributed by atoms with Crippen molar-refractivity contribution in [3.8, 4) is 11.1 Å². The van der Waals surface area contributed by atoms with Crippen molar-refractivity contribution in [3.05, 3.63) is 59.7 Å². The molecule has 2 aromatic carbocycles. The van der Waals surface area contributed by atoms with E-state index in [0.29, 0.717) is 12.8 Å². The molecule has 2 aliphatic rings. The number of carbonyl (C=O) groups is 3. The number of carbonyl (C=O) groups excluding carboxylic acids is 2. The lowest BCUT2D eigenvalue weighted by Crippen LogP contribution is -2.51. The van der Waals surface area contributed by atoms with Gasteiger partial charge in [0.1, 0.15) is 6.61 Å². The summed E-state index contributed by atoms with van der Waals surface area (Å²) in [5.41, 5.74) is 4.57. The van der Waals surface area contributed by atoms with Crippen LogP contribution in [0.25, 0.3) is 11.1 Å². The van der Waals surface area contributed by atoms with Gasteiger partial charge < -0.3 is 25.2 Å². The quantitative estimate of drug-likeness (QED) is 0.497. The molecule has 3 atom stereocenters. The van der Waals surface area contributed by atoms with Crippen molar-refractivity contribution < 1.29 is 29.0 Å². The first-order valence-electron chi connectivity index (χ1n) is 12.1. The maximum absolute atomic E-state index is 13.0. The van der Waals surface area contributed by atoms with Crippen LogP contribution >= 0.6 is 0 Å². The molecule has 4 rings (SSSR count). The zero-order chi connectivity index (χ0) is 24.8. The van der Waals surface area contributed by atoms with Crippen molar-refractivity contribution in [1.29, 1.82) is 0 Å². The van der Waals surface area contributed by atoms with Gasteiger partial charge in [0.2, 0.25) is 5.91 Å². The van der Waals surface area contributed by atoms with Crippen LogP contribution in [0.2, 0.25) is 0 Å². The summed E-state index contributed by atoms with van der Waals surface area (Å²) in [6.45, 7) is 0.0661.